The minimum atomic E-state index is -1.35. The fraction of sp³-hybridized carbons (Fsp3) is 0.333. The van der Waals surface area contributed by atoms with E-state index in [2.05, 4.69) is 0 Å². The molecule has 41 heavy (non-hydrogen) atoms. The third kappa shape index (κ3) is 8.76. The highest BCUT2D eigenvalue weighted by Gasteiger charge is 2.51. The molecule has 0 N–H and O–H groups in total. The SMILES string of the molecule is COc1cc(/C=C/C(=O)O[C@H]2[C@H](Oc3ccc([N+](=O)[O-])cc3)O[C@@H](COC(C)=O)[C@@H]2OC(C)=O)ccc1OC(C)=O. The Morgan fingerprint density at radius 1 is 0.927 bits per heavy atom. The van der Waals surface area contributed by atoms with Gasteiger partial charge in [-0.3, -0.25) is 24.5 Å². The molecule has 0 bridgehead atoms. The van der Waals surface area contributed by atoms with Crippen molar-refractivity contribution in [2.45, 2.75) is 45.4 Å². The molecule has 14 nitrogen and oxygen atoms in total. The van der Waals surface area contributed by atoms with Gasteiger partial charge in [-0.05, 0) is 35.9 Å². The Labute approximate surface area is 233 Å². The number of nitrogens with zero attached hydrogens (tertiary/aromatic N) is 1. The highest BCUT2D eigenvalue weighted by molar-refractivity contribution is 5.87. The summed E-state index contributed by atoms with van der Waals surface area (Å²) < 4.78 is 37.7. The number of esters is 4. The van der Waals surface area contributed by atoms with Crippen molar-refractivity contribution < 1.29 is 57.3 Å². The van der Waals surface area contributed by atoms with E-state index in [1.807, 2.05) is 0 Å². The van der Waals surface area contributed by atoms with Crippen LogP contribution in [0, 0.1) is 10.1 Å². The van der Waals surface area contributed by atoms with E-state index in [0.29, 0.717) is 5.56 Å². The van der Waals surface area contributed by atoms with Crippen LogP contribution in [0.5, 0.6) is 17.2 Å². The molecule has 1 fully saturated rings. The zero-order chi connectivity index (χ0) is 30.1. The average molecular weight is 574 g/mol. The van der Waals surface area contributed by atoms with Gasteiger partial charge >= 0.3 is 23.9 Å². The molecule has 0 unspecified atom stereocenters. The Morgan fingerprint density at radius 2 is 1.63 bits per heavy atom. The Morgan fingerprint density at radius 3 is 2.22 bits per heavy atom. The molecule has 2 aromatic rings. The molecule has 1 aliphatic rings. The Kier molecular flexibility index (Phi) is 10.4. The summed E-state index contributed by atoms with van der Waals surface area (Å²) in [7, 11) is 1.39. The molecule has 4 atom stereocenters. The number of benzene rings is 2. The maximum absolute atomic E-state index is 12.8. The first-order valence-corrected chi connectivity index (χ1v) is 12.1. The number of nitro groups is 1. The molecular weight excluding hydrogens is 546 g/mol. The predicted molar refractivity (Wildman–Crippen MR) is 138 cm³/mol. The Balaban J connectivity index is 1.83. The van der Waals surface area contributed by atoms with Crippen LogP contribution in [0.4, 0.5) is 5.69 Å². The van der Waals surface area contributed by atoms with Crippen molar-refractivity contribution in [1.82, 2.24) is 0 Å². The van der Waals surface area contributed by atoms with Gasteiger partial charge in [0.25, 0.3) is 5.69 Å². The largest absolute Gasteiger partial charge is 0.493 e. The number of rotatable bonds is 11. The quantitative estimate of drug-likeness (QED) is 0.0958. The standard InChI is InChI=1S/C27H27NO13/c1-15(29)36-14-23-25(38-17(3)31)26(27(40-23)39-20-9-7-19(8-10-20)28(33)34)41-24(32)12-6-18-5-11-21(37-16(2)30)22(13-18)35-4/h5-13,23,25-27H,14H2,1-4H3/b12-6+/t23-,25-,26+,27+/m0/s1. The number of hydrogen-bond donors (Lipinski definition) is 0. The molecule has 0 saturated carbocycles. The lowest BCUT2D eigenvalue weighted by Gasteiger charge is -2.23. The zero-order valence-electron chi connectivity index (χ0n) is 22.5. The lowest BCUT2D eigenvalue weighted by atomic mass is 10.1. The van der Waals surface area contributed by atoms with Gasteiger partial charge in [0.05, 0.1) is 12.0 Å². The van der Waals surface area contributed by atoms with Crippen LogP contribution >= 0.6 is 0 Å². The minimum absolute atomic E-state index is 0.131. The molecule has 0 amide bonds. The van der Waals surface area contributed by atoms with E-state index in [9.17, 15) is 29.3 Å². The molecule has 0 spiro atoms. The number of non-ortho nitro benzene ring substituents is 1. The van der Waals surface area contributed by atoms with Crippen molar-refractivity contribution >= 4 is 35.6 Å². The highest BCUT2D eigenvalue weighted by Crippen LogP contribution is 2.31. The maximum Gasteiger partial charge on any atom is 0.331 e. The number of ether oxygens (including phenoxy) is 7. The van der Waals surface area contributed by atoms with E-state index in [-0.39, 0.29) is 29.5 Å². The first-order chi connectivity index (χ1) is 19.5. The minimum Gasteiger partial charge on any atom is -0.493 e. The molecule has 1 aliphatic heterocycles. The van der Waals surface area contributed by atoms with Gasteiger partial charge in [-0.15, -0.1) is 0 Å². The summed E-state index contributed by atoms with van der Waals surface area (Å²) in [5, 5.41) is 11.0. The van der Waals surface area contributed by atoms with Gasteiger partial charge in [-0.1, -0.05) is 6.07 Å². The smallest absolute Gasteiger partial charge is 0.331 e. The average Bonchev–Trinajstić information content (AvgIpc) is 3.21. The molecular formula is C27H27NO13. The molecule has 0 aliphatic carbocycles. The number of hydrogen-bond acceptors (Lipinski definition) is 13. The van der Waals surface area contributed by atoms with Crippen molar-refractivity contribution in [3.63, 3.8) is 0 Å². The van der Waals surface area contributed by atoms with Gasteiger partial charge in [0, 0.05) is 39.0 Å². The van der Waals surface area contributed by atoms with E-state index in [0.717, 1.165) is 13.0 Å². The first-order valence-electron chi connectivity index (χ1n) is 12.1. The van der Waals surface area contributed by atoms with Crippen LogP contribution in [0.1, 0.15) is 26.3 Å². The van der Waals surface area contributed by atoms with Gasteiger partial charge in [-0.25, -0.2) is 4.79 Å². The van der Waals surface area contributed by atoms with Crippen molar-refractivity contribution in [1.29, 1.82) is 0 Å². The Hall–Kier alpha value is -4.98. The third-order valence-corrected chi connectivity index (χ3v) is 5.43. The van der Waals surface area contributed by atoms with Crippen LogP contribution in [0.3, 0.4) is 0 Å². The fourth-order valence-electron chi connectivity index (χ4n) is 3.72. The van der Waals surface area contributed by atoms with Gasteiger partial charge in [0.1, 0.15) is 18.5 Å². The van der Waals surface area contributed by atoms with Crippen LogP contribution in [0.2, 0.25) is 0 Å². The monoisotopic (exact) mass is 573 g/mol. The first kappa shape index (κ1) is 30.6. The summed E-state index contributed by atoms with van der Waals surface area (Å²) in [6.07, 6.45) is -2.47. The molecule has 0 aromatic heterocycles. The molecule has 2 aromatic carbocycles. The number of methoxy groups -OCH3 is 1. The summed E-state index contributed by atoms with van der Waals surface area (Å²) >= 11 is 0. The van der Waals surface area contributed by atoms with Crippen molar-refractivity contribution in [2.75, 3.05) is 13.7 Å². The van der Waals surface area contributed by atoms with Gasteiger partial charge in [0.2, 0.25) is 12.4 Å². The normalized spacial score (nSPS) is 19.7. The number of carbonyl (C=O) groups excluding carboxylic acids is 4. The second-order valence-electron chi connectivity index (χ2n) is 8.53. The summed E-state index contributed by atoms with van der Waals surface area (Å²) in [4.78, 5) is 57.7. The number of nitro benzene ring substituents is 1. The molecule has 1 saturated heterocycles. The molecule has 14 heteroatoms. The van der Waals surface area contributed by atoms with Crippen molar-refractivity contribution in [2.24, 2.45) is 0 Å². The van der Waals surface area contributed by atoms with Crippen molar-refractivity contribution in [3.05, 3.63) is 64.2 Å². The third-order valence-electron chi connectivity index (χ3n) is 5.43. The second-order valence-corrected chi connectivity index (χ2v) is 8.53. The van der Waals surface area contributed by atoms with E-state index >= 15 is 0 Å². The number of carbonyl (C=O) groups is 4. The lowest BCUT2D eigenvalue weighted by Crippen LogP contribution is -2.42. The van der Waals surface area contributed by atoms with Gasteiger partial charge in [0.15, 0.2) is 17.6 Å². The second kappa shape index (κ2) is 13.9. The molecule has 1 heterocycles. The zero-order valence-corrected chi connectivity index (χ0v) is 22.5. The summed E-state index contributed by atoms with van der Waals surface area (Å²) in [5.41, 5.74) is 0.321. The summed E-state index contributed by atoms with van der Waals surface area (Å²) in [6, 6.07) is 9.61. The van der Waals surface area contributed by atoms with E-state index in [4.69, 9.17) is 33.2 Å². The van der Waals surface area contributed by atoms with Gasteiger partial charge < -0.3 is 33.2 Å². The van der Waals surface area contributed by atoms with Crippen LogP contribution in [-0.2, 0) is 38.1 Å². The molecule has 3 rings (SSSR count). The Bertz CT molecular complexity index is 1320. The summed E-state index contributed by atoms with van der Waals surface area (Å²) in [6.45, 7) is 3.22. The van der Waals surface area contributed by atoms with Crippen LogP contribution < -0.4 is 14.2 Å². The lowest BCUT2D eigenvalue weighted by molar-refractivity contribution is -0.384. The predicted octanol–water partition coefficient (Wildman–Crippen LogP) is 2.75. The van der Waals surface area contributed by atoms with Crippen LogP contribution in [-0.4, -0.2) is 67.1 Å². The maximum atomic E-state index is 12.8. The van der Waals surface area contributed by atoms with E-state index in [1.54, 1.807) is 6.07 Å². The highest BCUT2D eigenvalue weighted by atomic mass is 16.7. The van der Waals surface area contributed by atoms with Crippen LogP contribution in [0.25, 0.3) is 6.08 Å². The van der Waals surface area contributed by atoms with E-state index < -0.39 is 53.4 Å². The van der Waals surface area contributed by atoms with Crippen molar-refractivity contribution in [3.8, 4) is 17.2 Å². The summed E-state index contributed by atoms with van der Waals surface area (Å²) in [5.74, 6) is -2.18. The molecule has 0 radical (unpaired) electrons. The van der Waals surface area contributed by atoms with Crippen LogP contribution in [0.15, 0.2) is 48.5 Å². The van der Waals surface area contributed by atoms with E-state index in [1.165, 1.54) is 63.4 Å². The fourth-order valence-corrected chi connectivity index (χ4v) is 3.72. The van der Waals surface area contributed by atoms with Gasteiger partial charge in [-0.2, -0.15) is 0 Å². The molecule has 218 valence electrons. The topological polar surface area (TPSA) is 176 Å².